The number of aromatic nitrogens is 1. The molecule has 2 aromatic carbocycles. The summed E-state index contributed by atoms with van der Waals surface area (Å²) < 4.78 is 5.54. The van der Waals surface area contributed by atoms with Gasteiger partial charge < -0.3 is 15.0 Å². The summed E-state index contributed by atoms with van der Waals surface area (Å²) in [6.45, 7) is 0.549. The van der Waals surface area contributed by atoms with E-state index in [9.17, 15) is 9.59 Å². The van der Waals surface area contributed by atoms with E-state index in [2.05, 4.69) is 10.3 Å². The van der Waals surface area contributed by atoms with Gasteiger partial charge in [-0.05, 0) is 23.3 Å². The summed E-state index contributed by atoms with van der Waals surface area (Å²) in [4.78, 5) is 25.4. The van der Waals surface area contributed by atoms with E-state index in [1.807, 2.05) is 36.4 Å². The normalized spacial score (nSPS) is 17.5. The first-order valence-electron chi connectivity index (χ1n) is 7.90. The van der Waals surface area contributed by atoms with Crippen LogP contribution in [-0.2, 0) is 9.53 Å². The molecule has 1 fully saturated rings. The lowest BCUT2D eigenvalue weighted by Crippen LogP contribution is -2.38. The first kappa shape index (κ1) is 15.9. The molecule has 0 saturated carbocycles. The minimum Gasteiger partial charge on any atom is -0.362 e. The molecule has 1 aliphatic rings. The summed E-state index contributed by atoms with van der Waals surface area (Å²) in [5.41, 5.74) is 4.25. The van der Waals surface area contributed by atoms with Crippen LogP contribution in [0.3, 0.4) is 0 Å². The average Bonchev–Trinajstić information content (AvgIpc) is 3.03. The highest BCUT2D eigenvalue weighted by Gasteiger charge is 2.20. The second-order valence-electron chi connectivity index (χ2n) is 5.97. The zero-order valence-electron chi connectivity index (χ0n) is 13.2. The number of carbonyl (C=O) groups is 2. The van der Waals surface area contributed by atoms with Crippen molar-refractivity contribution in [2.45, 2.75) is 6.10 Å². The number of benzene rings is 2. The van der Waals surface area contributed by atoms with Crippen molar-refractivity contribution in [3.8, 4) is 11.1 Å². The number of aldehydes is 1. The van der Waals surface area contributed by atoms with Crippen LogP contribution in [0.2, 0.25) is 5.02 Å². The van der Waals surface area contributed by atoms with Crippen molar-refractivity contribution >= 4 is 34.7 Å². The molecule has 4 rings (SSSR count). The third kappa shape index (κ3) is 2.92. The van der Waals surface area contributed by atoms with Crippen LogP contribution in [0.15, 0.2) is 42.6 Å². The zero-order valence-corrected chi connectivity index (χ0v) is 14.0. The lowest BCUT2D eigenvalue weighted by atomic mass is 9.99. The van der Waals surface area contributed by atoms with Gasteiger partial charge in [0.05, 0.1) is 5.02 Å². The maximum Gasteiger partial charge on any atom is 0.246 e. The van der Waals surface area contributed by atoms with Crippen molar-refractivity contribution in [1.29, 1.82) is 0 Å². The van der Waals surface area contributed by atoms with Crippen LogP contribution in [0.1, 0.15) is 22.0 Å². The van der Waals surface area contributed by atoms with Gasteiger partial charge in [0.25, 0.3) is 0 Å². The molecule has 1 aliphatic heterocycles. The van der Waals surface area contributed by atoms with Gasteiger partial charge in [0, 0.05) is 34.8 Å². The molecule has 1 atom stereocenters. The van der Waals surface area contributed by atoms with Gasteiger partial charge in [-0.25, -0.2) is 0 Å². The Hall–Kier alpha value is -2.63. The van der Waals surface area contributed by atoms with E-state index < -0.39 is 0 Å². The third-order valence-corrected chi connectivity index (χ3v) is 4.73. The maximum atomic E-state index is 11.2. The fraction of sp³-hybridized carbons (Fsp3) is 0.158. The van der Waals surface area contributed by atoms with E-state index in [1.54, 1.807) is 6.20 Å². The standard InChI is InChI=1S/C19H15ClN2O3/c20-16-6-17-15(13(9-23)7-21-17)5-14(16)11-1-3-12(4-2-11)18-8-22-19(24)10-25-18/h1-7,9,18,21H,8,10H2,(H,22,24). The number of hydrogen-bond donors (Lipinski definition) is 2. The number of H-pyrrole nitrogens is 1. The van der Waals surface area contributed by atoms with Crippen LogP contribution in [0.5, 0.6) is 0 Å². The van der Waals surface area contributed by atoms with Gasteiger partial charge in [-0.1, -0.05) is 35.9 Å². The maximum absolute atomic E-state index is 11.2. The summed E-state index contributed by atoms with van der Waals surface area (Å²) in [6, 6.07) is 11.6. The second-order valence-corrected chi connectivity index (χ2v) is 6.37. The molecule has 0 radical (unpaired) electrons. The van der Waals surface area contributed by atoms with Crippen LogP contribution in [0.25, 0.3) is 22.0 Å². The molecule has 0 bridgehead atoms. The first-order valence-corrected chi connectivity index (χ1v) is 8.28. The molecule has 25 heavy (non-hydrogen) atoms. The third-order valence-electron chi connectivity index (χ3n) is 4.42. The minimum absolute atomic E-state index is 0.0802. The minimum atomic E-state index is -0.143. The number of fused-ring (bicyclic) bond motifs is 1. The lowest BCUT2D eigenvalue weighted by Gasteiger charge is -2.23. The van der Waals surface area contributed by atoms with Crippen molar-refractivity contribution in [2.24, 2.45) is 0 Å². The number of ether oxygens (including phenoxy) is 1. The topological polar surface area (TPSA) is 71.2 Å². The Bertz CT molecular complexity index is 953. The van der Waals surface area contributed by atoms with E-state index in [-0.39, 0.29) is 18.6 Å². The number of rotatable bonds is 3. The fourth-order valence-corrected chi connectivity index (χ4v) is 3.34. The molecule has 3 aromatic rings. The Morgan fingerprint density at radius 3 is 2.68 bits per heavy atom. The number of aromatic amines is 1. The molecule has 0 aliphatic carbocycles. The van der Waals surface area contributed by atoms with Crippen molar-refractivity contribution < 1.29 is 14.3 Å². The van der Waals surface area contributed by atoms with Gasteiger partial charge >= 0.3 is 0 Å². The van der Waals surface area contributed by atoms with E-state index in [0.717, 1.165) is 33.9 Å². The summed E-state index contributed by atoms with van der Waals surface area (Å²) in [5.74, 6) is -0.0922. The van der Waals surface area contributed by atoms with E-state index in [0.29, 0.717) is 17.1 Å². The summed E-state index contributed by atoms with van der Waals surface area (Å²) in [7, 11) is 0. The molecule has 1 unspecified atom stereocenters. The molecule has 1 amide bonds. The SMILES string of the molecule is O=Cc1c[nH]c2cc(Cl)c(-c3ccc(C4CNC(=O)CO4)cc3)cc12. The van der Waals surface area contributed by atoms with Gasteiger partial charge in [0.15, 0.2) is 6.29 Å². The Morgan fingerprint density at radius 2 is 2.00 bits per heavy atom. The molecular weight excluding hydrogens is 340 g/mol. The molecule has 0 spiro atoms. The summed E-state index contributed by atoms with van der Waals surface area (Å²) >= 11 is 6.41. The van der Waals surface area contributed by atoms with Crippen LogP contribution < -0.4 is 5.32 Å². The molecule has 1 aromatic heterocycles. The Labute approximate surface area is 148 Å². The largest absolute Gasteiger partial charge is 0.362 e. The Kier molecular flexibility index (Phi) is 4.03. The highest BCUT2D eigenvalue weighted by Crippen LogP contribution is 2.34. The van der Waals surface area contributed by atoms with Gasteiger partial charge in [-0.2, -0.15) is 0 Å². The fourth-order valence-electron chi connectivity index (χ4n) is 3.07. The van der Waals surface area contributed by atoms with Crippen LogP contribution in [-0.4, -0.2) is 30.3 Å². The highest BCUT2D eigenvalue weighted by molar-refractivity contribution is 6.34. The van der Waals surface area contributed by atoms with Crippen molar-refractivity contribution in [3.63, 3.8) is 0 Å². The predicted octanol–water partition coefficient (Wildman–Crippen LogP) is 3.49. The van der Waals surface area contributed by atoms with Gasteiger partial charge in [0.1, 0.15) is 12.7 Å². The van der Waals surface area contributed by atoms with Gasteiger partial charge in [-0.3, -0.25) is 9.59 Å². The quantitative estimate of drug-likeness (QED) is 0.707. The number of carbonyl (C=O) groups excluding carboxylic acids is 2. The second kappa shape index (κ2) is 6.35. The molecular formula is C19H15ClN2O3. The smallest absolute Gasteiger partial charge is 0.246 e. The van der Waals surface area contributed by atoms with Crippen molar-refractivity contribution in [1.82, 2.24) is 10.3 Å². The zero-order chi connectivity index (χ0) is 17.4. The molecule has 6 heteroatoms. The van der Waals surface area contributed by atoms with Gasteiger partial charge in [0.2, 0.25) is 5.91 Å². The summed E-state index contributed by atoms with van der Waals surface area (Å²) in [5, 5.41) is 4.25. The van der Waals surface area contributed by atoms with E-state index >= 15 is 0 Å². The molecule has 126 valence electrons. The van der Waals surface area contributed by atoms with Crippen molar-refractivity contribution in [3.05, 3.63) is 58.7 Å². The summed E-state index contributed by atoms with van der Waals surface area (Å²) in [6.07, 6.45) is 2.36. The van der Waals surface area contributed by atoms with Gasteiger partial charge in [-0.15, -0.1) is 0 Å². The number of morpholine rings is 1. The van der Waals surface area contributed by atoms with Crippen LogP contribution in [0, 0.1) is 0 Å². The average molecular weight is 355 g/mol. The highest BCUT2D eigenvalue weighted by atomic mass is 35.5. The van der Waals surface area contributed by atoms with Crippen molar-refractivity contribution in [2.75, 3.05) is 13.2 Å². The molecule has 5 nitrogen and oxygen atoms in total. The first-order chi connectivity index (χ1) is 12.2. The monoisotopic (exact) mass is 354 g/mol. The molecule has 2 N–H and O–H groups in total. The van der Waals surface area contributed by atoms with Crippen LogP contribution in [0.4, 0.5) is 0 Å². The number of nitrogens with one attached hydrogen (secondary N) is 2. The predicted molar refractivity (Wildman–Crippen MR) is 95.8 cm³/mol. The van der Waals surface area contributed by atoms with Crippen LogP contribution >= 0.6 is 11.6 Å². The Balaban J connectivity index is 1.67. The number of amides is 1. The lowest BCUT2D eigenvalue weighted by molar-refractivity contribution is -0.133. The van der Waals surface area contributed by atoms with E-state index in [1.165, 1.54) is 0 Å². The molecule has 1 saturated heterocycles. The Morgan fingerprint density at radius 1 is 1.20 bits per heavy atom. The van der Waals surface area contributed by atoms with E-state index in [4.69, 9.17) is 16.3 Å². The number of hydrogen-bond acceptors (Lipinski definition) is 3. The number of halogens is 1. The molecule has 2 heterocycles.